The summed E-state index contributed by atoms with van der Waals surface area (Å²) in [7, 11) is -2.04. The van der Waals surface area contributed by atoms with Crippen molar-refractivity contribution in [3.63, 3.8) is 0 Å². The fraction of sp³-hybridized carbons (Fsp3) is 0.533. The number of aryl methyl sites for hydroxylation is 1. The highest BCUT2D eigenvalue weighted by atomic mass is 32.2. The number of ether oxygens (including phenoxy) is 1. The van der Waals surface area contributed by atoms with Crippen molar-refractivity contribution in [3.8, 4) is 0 Å². The monoisotopic (exact) mass is 309 g/mol. The van der Waals surface area contributed by atoms with Gasteiger partial charge in [0.1, 0.15) is 6.04 Å². The van der Waals surface area contributed by atoms with Gasteiger partial charge in [-0.25, -0.2) is 8.42 Å². The minimum absolute atomic E-state index is 0.178. The molecule has 3 unspecified atom stereocenters. The van der Waals surface area contributed by atoms with E-state index in [2.05, 4.69) is 5.32 Å². The molecule has 0 bridgehead atoms. The second-order valence-electron chi connectivity index (χ2n) is 5.68. The lowest BCUT2D eigenvalue weighted by atomic mass is 9.98. The van der Waals surface area contributed by atoms with E-state index in [4.69, 9.17) is 4.74 Å². The topological polar surface area (TPSA) is 72.5 Å². The zero-order valence-corrected chi connectivity index (χ0v) is 12.7. The van der Waals surface area contributed by atoms with Gasteiger partial charge < -0.3 is 4.74 Å². The third kappa shape index (κ3) is 2.58. The lowest BCUT2D eigenvalue weighted by Gasteiger charge is -2.36. The van der Waals surface area contributed by atoms with Gasteiger partial charge in [-0.3, -0.25) is 10.1 Å². The number of carbonyl (C=O) groups excluding carboxylic acids is 1. The van der Waals surface area contributed by atoms with Crippen LogP contribution >= 0.6 is 0 Å². The summed E-state index contributed by atoms with van der Waals surface area (Å²) >= 11 is 0. The summed E-state index contributed by atoms with van der Waals surface area (Å²) in [5.41, 5.74) is 2.16. The van der Waals surface area contributed by atoms with Crippen LogP contribution in [0.2, 0.25) is 0 Å². The Bertz CT molecular complexity index is 655. The molecule has 0 aromatic heterocycles. The molecule has 1 aromatic carbocycles. The first kappa shape index (κ1) is 14.5. The molecule has 114 valence electrons. The van der Waals surface area contributed by atoms with Crippen LogP contribution in [0.25, 0.3) is 0 Å². The molecule has 1 fully saturated rings. The highest BCUT2D eigenvalue weighted by Crippen LogP contribution is 2.36. The maximum Gasteiger partial charge on any atom is 0.323 e. The Morgan fingerprint density at radius 3 is 2.86 bits per heavy atom. The second kappa shape index (κ2) is 5.42. The maximum absolute atomic E-state index is 12.6. The number of nitrogens with one attached hydrogen (secondary N) is 1. The standard InChI is InChI=1S/C15H19NO4S/c1-20-15(17)12-9-21(18,19)13-8-4-6-10-5-2-3-7-11(10)14(13)16-12/h2-3,5,7,12-14,16H,4,6,8-9H2,1H3. The van der Waals surface area contributed by atoms with Crippen LogP contribution in [0.3, 0.4) is 0 Å². The molecule has 1 saturated heterocycles. The average Bonchev–Trinajstić information content (AvgIpc) is 2.66. The van der Waals surface area contributed by atoms with Crippen LogP contribution in [0.15, 0.2) is 24.3 Å². The number of methoxy groups -OCH3 is 1. The van der Waals surface area contributed by atoms with Gasteiger partial charge in [-0.15, -0.1) is 0 Å². The number of hydrogen-bond donors (Lipinski definition) is 1. The zero-order chi connectivity index (χ0) is 15.0. The van der Waals surface area contributed by atoms with Gasteiger partial charge in [-0.1, -0.05) is 24.3 Å². The highest BCUT2D eigenvalue weighted by molar-refractivity contribution is 7.92. The summed E-state index contributed by atoms with van der Waals surface area (Å²) in [4.78, 5) is 11.8. The predicted molar refractivity (Wildman–Crippen MR) is 78.6 cm³/mol. The van der Waals surface area contributed by atoms with E-state index >= 15 is 0 Å². The molecule has 1 aliphatic carbocycles. The maximum atomic E-state index is 12.6. The molecule has 3 atom stereocenters. The lowest BCUT2D eigenvalue weighted by Crippen LogP contribution is -2.55. The summed E-state index contributed by atoms with van der Waals surface area (Å²) in [5, 5.41) is 2.75. The van der Waals surface area contributed by atoms with Gasteiger partial charge in [0.25, 0.3) is 0 Å². The summed E-state index contributed by atoms with van der Waals surface area (Å²) in [6.07, 6.45) is 2.35. The fourth-order valence-electron chi connectivity index (χ4n) is 3.41. The molecule has 0 saturated carbocycles. The Labute approximate surface area is 124 Å². The molecule has 1 heterocycles. The van der Waals surface area contributed by atoms with Crippen molar-refractivity contribution in [2.24, 2.45) is 0 Å². The number of esters is 1. The number of sulfone groups is 1. The Balaban J connectivity index is 2.04. The Morgan fingerprint density at radius 2 is 2.10 bits per heavy atom. The summed E-state index contributed by atoms with van der Waals surface area (Å²) in [6, 6.07) is 6.76. The van der Waals surface area contributed by atoms with Gasteiger partial charge in [0, 0.05) is 6.04 Å². The van der Waals surface area contributed by atoms with Gasteiger partial charge >= 0.3 is 5.97 Å². The molecule has 1 aliphatic heterocycles. The SMILES string of the molecule is COC(=O)C1CS(=O)(=O)C2CCCc3ccccc3C2N1. The van der Waals surface area contributed by atoms with Crippen molar-refractivity contribution in [2.75, 3.05) is 12.9 Å². The molecule has 2 aliphatic rings. The van der Waals surface area contributed by atoms with Gasteiger partial charge in [0.2, 0.25) is 0 Å². The van der Waals surface area contributed by atoms with E-state index in [1.54, 1.807) is 0 Å². The zero-order valence-electron chi connectivity index (χ0n) is 11.9. The van der Waals surface area contributed by atoms with Crippen molar-refractivity contribution >= 4 is 15.8 Å². The van der Waals surface area contributed by atoms with E-state index in [0.29, 0.717) is 6.42 Å². The third-order valence-corrected chi connectivity index (χ3v) is 6.65. The Kier molecular flexibility index (Phi) is 3.75. The third-order valence-electron chi connectivity index (χ3n) is 4.42. The van der Waals surface area contributed by atoms with Crippen molar-refractivity contribution in [1.29, 1.82) is 0 Å². The first-order chi connectivity index (χ1) is 10.0. The fourth-order valence-corrected chi connectivity index (χ4v) is 5.52. The largest absolute Gasteiger partial charge is 0.468 e. The minimum Gasteiger partial charge on any atom is -0.468 e. The van der Waals surface area contributed by atoms with Crippen molar-refractivity contribution in [1.82, 2.24) is 5.32 Å². The van der Waals surface area contributed by atoms with Crippen LogP contribution in [0.4, 0.5) is 0 Å². The first-order valence-electron chi connectivity index (χ1n) is 7.16. The van der Waals surface area contributed by atoms with Crippen LogP contribution < -0.4 is 5.32 Å². The van der Waals surface area contributed by atoms with Gasteiger partial charge in [0.15, 0.2) is 9.84 Å². The van der Waals surface area contributed by atoms with Crippen LogP contribution in [0.1, 0.15) is 30.0 Å². The minimum atomic E-state index is -3.32. The van der Waals surface area contributed by atoms with Gasteiger partial charge in [0.05, 0.1) is 18.1 Å². The van der Waals surface area contributed by atoms with E-state index in [-0.39, 0.29) is 11.8 Å². The first-order valence-corrected chi connectivity index (χ1v) is 8.88. The van der Waals surface area contributed by atoms with Gasteiger partial charge in [-0.2, -0.15) is 0 Å². The molecule has 0 radical (unpaired) electrons. The quantitative estimate of drug-likeness (QED) is 0.783. The number of hydrogen-bond acceptors (Lipinski definition) is 5. The number of benzene rings is 1. The molecular weight excluding hydrogens is 290 g/mol. The smallest absolute Gasteiger partial charge is 0.323 e. The van der Waals surface area contributed by atoms with E-state index in [1.165, 1.54) is 12.7 Å². The van der Waals surface area contributed by atoms with E-state index in [1.807, 2.05) is 24.3 Å². The van der Waals surface area contributed by atoms with Crippen LogP contribution in [-0.2, 0) is 25.8 Å². The molecule has 21 heavy (non-hydrogen) atoms. The van der Waals surface area contributed by atoms with Crippen molar-refractivity contribution in [2.45, 2.75) is 36.6 Å². The summed E-state index contributed by atoms with van der Waals surface area (Å²) < 4.78 is 29.8. The molecular formula is C15H19NO4S. The molecule has 6 heteroatoms. The van der Waals surface area contributed by atoms with E-state index in [9.17, 15) is 13.2 Å². The predicted octanol–water partition coefficient (Wildman–Crippen LogP) is 0.992. The molecule has 1 N–H and O–H groups in total. The highest BCUT2D eigenvalue weighted by Gasteiger charge is 2.45. The normalized spacial score (nSPS) is 30.6. The summed E-state index contributed by atoms with van der Waals surface area (Å²) in [5.74, 6) is -0.693. The lowest BCUT2D eigenvalue weighted by molar-refractivity contribution is -0.142. The number of carbonyl (C=O) groups is 1. The Hall–Kier alpha value is -1.40. The molecule has 5 nitrogen and oxygen atoms in total. The van der Waals surface area contributed by atoms with Crippen LogP contribution in [-0.4, -0.2) is 38.5 Å². The van der Waals surface area contributed by atoms with Gasteiger partial charge in [-0.05, 0) is 30.4 Å². The average molecular weight is 309 g/mol. The second-order valence-corrected chi connectivity index (χ2v) is 7.94. The molecule has 0 amide bonds. The number of fused-ring (bicyclic) bond motifs is 3. The molecule has 0 spiro atoms. The Morgan fingerprint density at radius 1 is 1.33 bits per heavy atom. The molecule has 1 aromatic rings. The van der Waals surface area contributed by atoms with E-state index in [0.717, 1.165) is 18.4 Å². The summed E-state index contributed by atoms with van der Waals surface area (Å²) in [6.45, 7) is 0. The van der Waals surface area contributed by atoms with Crippen molar-refractivity contribution in [3.05, 3.63) is 35.4 Å². The van der Waals surface area contributed by atoms with Crippen LogP contribution in [0, 0.1) is 0 Å². The van der Waals surface area contributed by atoms with Crippen molar-refractivity contribution < 1.29 is 17.9 Å². The van der Waals surface area contributed by atoms with Crippen LogP contribution in [0.5, 0.6) is 0 Å². The molecule has 3 rings (SSSR count). The van der Waals surface area contributed by atoms with E-state index < -0.39 is 27.1 Å². The number of rotatable bonds is 1.